The van der Waals surface area contributed by atoms with E-state index in [9.17, 15) is 14.4 Å². The van der Waals surface area contributed by atoms with Crippen LogP contribution in [0.2, 0.25) is 5.02 Å². The Labute approximate surface area is 274 Å². The quantitative estimate of drug-likeness (QED) is 0.218. The van der Waals surface area contributed by atoms with Crippen molar-refractivity contribution in [1.82, 2.24) is 14.9 Å². The van der Waals surface area contributed by atoms with E-state index in [0.717, 1.165) is 30.4 Å². The summed E-state index contributed by atoms with van der Waals surface area (Å²) in [6, 6.07) is 14.6. The number of nitrogens with zero attached hydrogens (tertiary/aromatic N) is 3. The molecule has 0 aliphatic carbocycles. The second-order valence-corrected chi connectivity index (χ2v) is 13.3. The normalized spacial score (nSPS) is 15.1. The first kappa shape index (κ1) is 33.0. The zero-order valence-electron chi connectivity index (χ0n) is 27.3. The van der Waals surface area contributed by atoms with Crippen LogP contribution in [0.4, 0.5) is 16.3 Å². The highest BCUT2D eigenvalue weighted by Gasteiger charge is 2.31. The van der Waals surface area contributed by atoms with Gasteiger partial charge in [-0.15, -0.1) is 0 Å². The van der Waals surface area contributed by atoms with E-state index in [1.54, 1.807) is 41.4 Å². The van der Waals surface area contributed by atoms with Crippen molar-refractivity contribution >= 4 is 46.0 Å². The van der Waals surface area contributed by atoms with Gasteiger partial charge in [0, 0.05) is 37.5 Å². The van der Waals surface area contributed by atoms with Crippen molar-refractivity contribution in [3.8, 4) is 16.9 Å². The van der Waals surface area contributed by atoms with Crippen LogP contribution in [0, 0.1) is 13.8 Å². The number of ether oxygens (including phenoxy) is 2. The van der Waals surface area contributed by atoms with E-state index in [0.29, 0.717) is 52.3 Å². The lowest BCUT2D eigenvalue weighted by Crippen LogP contribution is -2.46. The number of piperidine rings is 1. The van der Waals surface area contributed by atoms with Crippen LogP contribution in [0.1, 0.15) is 64.5 Å². The summed E-state index contributed by atoms with van der Waals surface area (Å²) in [5, 5.41) is 0.854. The Kier molecular flexibility index (Phi) is 9.72. The first-order chi connectivity index (χ1) is 21.8. The highest BCUT2D eigenvalue weighted by Crippen LogP contribution is 2.40. The molecule has 1 fully saturated rings. The molecule has 4 aromatic rings. The molecule has 3 heterocycles. The zero-order valence-corrected chi connectivity index (χ0v) is 28.0. The first-order valence-corrected chi connectivity index (χ1v) is 16.0. The van der Waals surface area contributed by atoms with Crippen molar-refractivity contribution in [2.45, 2.75) is 78.9 Å². The number of fused-ring (bicyclic) bond motifs is 1. The third-order valence-electron chi connectivity index (χ3n) is 7.93. The van der Waals surface area contributed by atoms with Gasteiger partial charge in [0.15, 0.2) is 0 Å². The molecule has 1 aliphatic heterocycles. The van der Waals surface area contributed by atoms with E-state index < -0.39 is 5.60 Å². The predicted molar refractivity (Wildman–Crippen MR) is 182 cm³/mol. The molecule has 1 saturated heterocycles. The lowest BCUT2D eigenvalue weighted by atomic mass is 9.98. The van der Waals surface area contributed by atoms with Gasteiger partial charge in [-0.2, -0.15) is 0 Å². The monoisotopic (exact) mass is 644 g/mol. The molecule has 0 radical (unpaired) electrons. The number of halogens is 1. The lowest BCUT2D eigenvalue weighted by Gasteiger charge is -2.36. The van der Waals surface area contributed by atoms with Crippen LogP contribution < -0.4 is 15.2 Å². The molecule has 10 heteroatoms. The molecule has 2 aromatic heterocycles. The Morgan fingerprint density at radius 1 is 1.09 bits per heavy atom. The van der Waals surface area contributed by atoms with E-state index in [1.807, 2.05) is 52.8 Å². The summed E-state index contributed by atoms with van der Waals surface area (Å²) in [6.45, 7) is 11.9. The smallest absolute Gasteiger partial charge is 0.410 e. The van der Waals surface area contributed by atoms with Crippen molar-refractivity contribution in [3.05, 3.63) is 81.2 Å². The van der Waals surface area contributed by atoms with Crippen molar-refractivity contribution < 1.29 is 19.1 Å². The molecule has 5 rings (SSSR count). The van der Waals surface area contributed by atoms with Crippen molar-refractivity contribution in [2.75, 3.05) is 18.1 Å². The van der Waals surface area contributed by atoms with Gasteiger partial charge < -0.3 is 19.4 Å². The fraction of sp³-hybridized carbons (Fsp3) is 0.389. The molecule has 0 spiro atoms. The van der Waals surface area contributed by atoms with Crippen LogP contribution in [-0.4, -0.2) is 51.7 Å². The molecule has 1 atom stereocenters. The number of benzene rings is 2. The Morgan fingerprint density at radius 3 is 2.48 bits per heavy atom. The minimum atomic E-state index is -0.595. The van der Waals surface area contributed by atoms with Crippen molar-refractivity contribution in [3.63, 3.8) is 0 Å². The maximum Gasteiger partial charge on any atom is 0.410 e. The molecule has 1 aliphatic rings. The number of likely N-dealkylation sites (tertiary alicyclic amines) is 1. The lowest BCUT2D eigenvalue weighted by molar-refractivity contribution is -0.115. The Morgan fingerprint density at radius 2 is 1.83 bits per heavy atom. The predicted octanol–water partition coefficient (Wildman–Crippen LogP) is 8.10. The number of nitrogens with one attached hydrogen (secondary N) is 1. The van der Waals surface area contributed by atoms with E-state index in [4.69, 9.17) is 21.1 Å². The molecule has 0 saturated carbocycles. The summed E-state index contributed by atoms with van der Waals surface area (Å²) in [6.07, 6.45) is 4.58. The second kappa shape index (κ2) is 13.5. The molecule has 1 unspecified atom stereocenters. The molecule has 46 heavy (non-hydrogen) atoms. The van der Waals surface area contributed by atoms with E-state index >= 15 is 0 Å². The van der Waals surface area contributed by atoms with Gasteiger partial charge in [-0.25, -0.2) is 9.78 Å². The highest BCUT2D eigenvalue weighted by atomic mass is 35.5. The number of pyridine rings is 2. The van der Waals surface area contributed by atoms with Crippen LogP contribution in [0.5, 0.6) is 5.75 Å². The van der Waals surface area contributed by atoms with Gasteiger partial charge in [-0.05, 0) is 83.7 Å². The fourth-order valence-corrected chi connectivity index (χ4v) is 6.33. The third-order valence-corrected chi connectivity index (χ3v) is 8.23. The number of H-pyrrole nitrogens is 1. The number of aryl methyl sites for hydroxylation is 2. The molecule has 0 bridgehead atoms. The SMILES string of the molecule is CC(=O)N(c1ccccn1)c1cc2c(OCCC3CCCCN3C(=O)OC(C)(C)C)c(-c3cc(C)cc(C)c3)c(=O)[nH]c2cc1Cl. The number of aromatic amines is 1. The number of anilines is 2. The summed E-state index contributed by atoms with van der Waals surface area (Å²) in [5.74, 6) is 0.518. The highest BCUT2D eigenvalue weighted by molar-refractivity contribution is 6.35. The van der Waals surface area contributed by atoms with E-state index in [1.165, 1.54) is 11.8 Å². The summed E-state index contributed by atoms with van der Waals surface area (Å²) >= 11 is 6.76. The van der Waals surface area contributed by atoms with Crippen molar-refractivity contribution in [1.29, 1.82) is 0 Å². The molecular formula is C36H41ClN4O5. The average molecular weight is 645 g/mol. The summed E-state index contributed by atoms with van der Waals surface area (Å²) in [5.41, 5.74) is 3.07. The number of rotatable bonds is 7. The Hall–Kier alpha value is -4.37. The second-order valence-electron chi connectivity index (χ2n) is 12.9. The maximum absolute atomic E-state index is 13.8. The van der Waals surface area contributed by atoms with E-state index in [-0.39, 0.29) is 35.2 Å². The van der Waals surface area contributed by atoms with Crippen LogP contribution >= 0.6 is 11.6 Å². The summed E-state index contributed by atoms with van der Waals surface area (Å²) in [4.78, 5) is 50.4. The summed E-state index contributed by atoms with van der Waals surface area (Å²) in [7, 11) is 0. The van der Waals surface area contributed by atoms with Crippen LogP contribution in [0.15, 0.2) is 59.5 Å². The van der Waals surface area contributed by atoms with Gasteiger partial charge in [0.1, 0.15) is 17.2 Å². The fourth-order valence-electron chi connectivity index (χ4n) is 6.08. The number of carbonyl (C=O) groups is 2. The van der Waals surface area contributed by atoms with Crippen LogP contribution in [0.3, 0.4) is 0 Å². The Bertz CT molecular complexity index is 1800. The standard InChI is InChI=1S/C36H41ClN4O5/c1-22-17-23(2)19-25(18-22)32-33(45-16-13-26-11-8-10-15-40(26)35(44)46-36(4,5)6)27-20-30(28(37)21-29(27)39-34(32)43)41(24(3)42)31-12-7-9-14-38-31/h7,9,12,14,17-21,26H,8,10-11,13,15-16H2,1-6H3,(H,39,43). The van der Waals surface area contributed by atoms with Gasteiger partial charge >= 0.3 is 6.09 Å². The van der Waals surface area contributed by atoms with Gasteiger partial charge in [0.05, 0.1) is 28.4 Å². The molecule has 1 N–H and O–H groups in total. The number of hydrogen-bond donors (Lipinski definition) is 1. The largest absolute Gasteiger partial charge is 0.492 e. The van der Waals surface area contributed by atoms with Gasteiger partial charge in [0.25, 0.3) is 5.56 Å². The first-order valence-electron chi connectivity index (χ1n) is 15.6. The molecule has 2 aromatic carbocycles. The van der Waals surface area contributed by atoms with Gasteiger partial charge in [-0.3, -0.25) is 14.5 Å². The van der Waals surface area contributed by atoms with Crippen LogP contribution in [0.25, 0.3) is 22.0 Å². The maximum atomic E-state index is 13.8. The average Bonchev–Trinajstić information content (AvgIpc) is 2.97. The minimum Gasteiger partial charge on any atom is -0.492 e. The number of carbonyl (C=O) groups excluding carboxylic acids is 2. The molecule has 2 amide bonds. The van der Waals surface area contributed by atoms with Crippen LogP contribution in [-0.2, 0) is 9.53 Å². The number of aromatic nitrogens is 2. The third kappa shape index (κ3) is 7.36. The minimum absolute atomic E-state index is 0.0658. The topological polar surface area (TPSA) is 105 Å². The van der Waals surface area contributed by atoms with Gasteiger partial charge in [0.2, 0.25) is 5.91 Å². The Balaban J connectivity index is 1.60. The van der Waals surface area contributed by atoms with Gasteiger partial charge in [-0.1, -0.05) is 47.0 Å². The zero-order chi connectivity index (χ0) is 33.2. The molecule has 9 nitrogen and oxygen atoms in total. The summed E-state index contributed by atoms with van der Waals surface area (Å²) < 4.78 is 12.3. The molecule has 242 valence electrons. The number of hydrogen-bond acceptors (Lipinski definition) is 6. The van der Waals surface area contributed by atoms with E-state index in [2.05, 4.69) is 9.97 Å². The van der Waals surface area contributed by atoms with Crippen molar-refractivity contribution in [2.24, 2.45) is 0 Å². The number of amides is 2. The molecular weight excluding hydrogens is 604 g/mol.